The van der Waals surface area contributed by atoms with Gasteiger partial charge in [0.2, 0.25) is 0 Å². The van der Waals surface area contributed by atoms with Gasteiger partial charge >= 0.3 is 0 Å². The Labute approximate surface area is 210 Å². The number of carbonyl (C=O) groups is 1. The maximum atomic E-state index is 13.6. The Kier molecular flexibility index (Phi) is 6.47. The first kappa shape index (κ1) is 23.7. The lowest BCUT2D eigenvalue weighted by molar-refractivity contribution is -0.141. The lowest BCUT2D eigenvalue weighted by Crippen LogP contribution is -2.42. The number of halogens is 1. The molecule has 0 radical (unpaired) electrons. The molecule has 0 bridgehead atoms. The summed E-state index contributed by atoms with van der Waals surface area (Å²) >= 11 is 5.99. The van der Waals surface area contributed by atoms with Crippen molar-refractivity contribution in [2.45, 2.75) is 56.2 Å². The van der Waals surface area contributed by atoms with Crippen LogP contribution >= 0.6 is 11.6 Å². The van der Waals surface area contributed by atoms with Gasteiger partial charge in [-0.25, -0.2) is 8.42 Å². The first-order valence-corrected chi connectivity index (χ1v) is 13.7. The SMILES string of the molecule is CC[C@H]1Oc2ccc(NS(=O)(=O)c3cccc(Cl)c3)cc2CN([C@H]2CCCc3ccccc32)C1=O. The minimum Gasteiger partial charge on any atom is -0.480 e. The molecular formula is C27H27ClN2O4S. The van der Waals surface area contributed by atoms with E-state index in [2.05, 4.69) is 16.9 Å². The maximum absolute atomic E-state index is 13.6. The van der Waals surface area contributed by atoms with E-state index >= 15 is 0 Å². The molecule has 2 atom stereocenters. The van der Waals surface area contributed by atoms with Crippen LogP contribution in [0.25, 0.3) is 0 Å². The van der Waals surface area contributed by atoms with Crippen LogP contribution in [-0.4, -0.2) is 25.3 Å². The van der Waals surface area contributed by atoms with Gasteiger partial charge in [-0.3, -0.25) is 9.52 Å². The number of nitrogens with one attached hydrogen (secondary N) is 1. The molecule has 3 aromatic rings. The predicted molar refractivity (Wildman–Crippen MR) is 136 cm³/mol. The summed E-state index contributed by atoms with van der Waals surface area (Å²) in [5, 5.41) is 0.343. The molecule has 1 aliphatic carbocycles. The Hall–Kier alpha value is -3.03. The summed E-state index contributed by atoms with van der Waals surface area (Å²) in [6, 6.07) is 19.5. The third-order valence-electron chi connectivity index (χ3n) is 6.67. The summed E-state index contributed by atoms with van der Waals surface area (Å²) in [6.45, 7) is 2.28. The van der Waals surface area contributed by atoms with Crippen molar-refractivity contribution >= 4 is 33.2 Å². The van der Waals surface area contributed by atoms with Crippen LogP contribution in [0.15, 0.2) is 71.6 Å². The second-order valence-corrected chi connectivity index (χ2v) is 11.1. The summed E-state index contributed by atoms with van der Waals surface area (Å²) in [7, 11) is -3.83. The Balaban J connectivity index is 1.49. The molecule has 1 aliphatic heterocycles. The molecule has 0 spiro atoms. The van der Waals surface area contributed by atoms with Gasteiger partial charge in [0.15, 0.2) is 6.10 Å². The van der Waals surface area contributed by atoms with Crippen molar-refractivity contribution in [3.63, 3.8) is 0 Å². The summed E-state index contributed by atoms with van der Waals surface area (Å²) in [4.78, 5) is 15.6. The number of sulfonamides is 1. The highest BCUT2D eigenvalue weighted by Crippen LogP contribution is 2.39. The standard InChI is InChI=1S/C27H27ClN2O4S/c1-2-25-27(31)30(24-12-5-8-18-7-3-4-11-23(18)24)17-19-15-21(13-14-26(19)34-25)29-35(32,33)22-10-6-9-20(28)16-22/h3-4,6-7,9-11,13-16,24-25,29H,2,5,8,12,17H2,1H3/t24-,25+/m0/s1. The molecule has 3 aromatic carbocycles. The number of aryl methyl sites for hydroxylation is 1. The van der Waals surface area contributed by atoms with Crippen molar-refractivity contribution in [1.82, 2.24) is 4.90 Å². The van der Waals surface area contributed by atoms with Crippen molar-refractivity contribution < 1.29 is 17.9 Å². The van der Waals surface area contributed by atoms with Crippen molar-refractivity contribution in [2.24, 2.45) is 0 Å². The lowest BCUT2D eigenvalue weighted by atomic mass is 9.86. The summed E-state index contributed by atoms with van der Waals surface area (Å²) in [6.07, 6.45) is 2.87. The first-order chi connectivity index (χ1) is 16.9. The van der Waals surface area contributed by atoms with Crippen LogP contribution in [0.3, 0.4) is 0 Å². The number of nitrogens with zero attached hydrogens (tertiary/aromatic N) is 1. The van der Waals surface area contributed by atoms with Crippen LogP contribution in [0.5, 0.6) is 5.75 Å². The number of fused-ring (bicyclic) bond motifs is 2. The summed E-state index contributed by atoms with van der Waals surface area (Å²) in [5.41, 5.74) is 3.63. The zero-order valence-corrected chi connectivity index (χ0v) is 21.0. The average Bonchev–Trinajstić information content (AvgIpc) is 2.99. The molecule has 0 aromatic heterocycles. The van der Waals surface area contributed by atoms with Crippen LogP contribution in [0.4, 0.5) is 5.69 Å². The quantitative estimate of drug-likeness (QED) is 0.476. The fourth-order valence-electron chi connectivity index (χ4n) is 4.95. The fraction of sp³-hybridized carbons (Fsp3) is 0.296. The van der Waals surface area contributed by atoms with Gasteiger partial charge in [0.25, 0.3) is 15.9 Å². The molecular weight excluding hydrogens is 484 g/mol. The van der Waals surface area contributed by atoms with Crippen LogP contribution in [0.2, 0.25) is 5.02 Å². The molecule has 35 heavy (non-hydrogen) atoms. The van der Waals surface area contributed by atoms with Gasteiger partial charge in [-0.05, 0) is 73.2 Å². The Morgan fingerprint density at radius 1 is 1.06 bits per heavy atom. The third kappa shape index (κ3) is 4.75. The van der Waals surface area contributed by atoms with Gasteiger partial charge in [0.1, 0.15) is 5.75 Å². The van der Waals surface area contributed by atoms with E-state index in [0.717, 1.165) is 24.8 Å². The molecule has 2 aliphatic rings. The largest absolute Gasteiger partial charge is 0.480 e. The van der Waals surface area contributed by atoms with Crippen molar-refractivity contribution in [2.75, 3.05) is 4.72 Å². The Morgan fingerprint density at radius 3 is 2.69 bits per heavy atom. The van der Waals surface area contributed by atoms with Gasteiger partial charge in [0.05, 0.1) is 17.5 Å². The van der Waals surface area contributed by atoms with E-state index in [1.165, 1.54) is 23.3 Å². The molecule has 6 nitrogen and oxygen atoms in total. The van der Waals surface area contributed by atoms with E-state index < -0.39 is 16.1 Å². The summed E-state index contributed by atoms with van der Waals surface area (Å²) < 4.78 is 34.6. The van der Waals surface area contributed by atoms with Gasteiger partial charge in [-0.1, -0.05) is 48.9 Å². The van der Waals surface area contributed by atoms with E-state index in [-0.39, 0.29) is 16.8 Å². The van der Waals surface area contributed by atoms with Gasteiger partial charge in [-0.15, -0.1) is 0 Å². The second-order valence-electron chi connectivity index (χ2n) is 8.97. The van der Waals surface area contributed by atoms with Crippen molar-refractivity contribution in [3.8, 4) is 5.75 Å². The highest BCUT2D eigenvalue weighted by atomic mass is 35.5. The molecule has 182 valence electrons. The highest BCUT2D eigenvalue weighted by Gasteiger charge is 2.36. The second kappa shape index (κ2) is 9.55. The first-order valence-electron chi connectivity index (χ1n) is 11.8. The average molecular weight is 511 g/mol. The van der Waals surface area contributed by atoms with Crippen LogP contribution < -0.4 is 9.46 Å². The van der Waals surface area contributed by atoms with Gasteiger partial charge in [-0.2, -0.15) is 0 Å². The van der Waals surface area contributed by atoms with Crippen LogP contribution in [0.1, 0.15) is 48.9 Å². The molecule has 8 heteroatoms. The predicted octanol–water partition coefficient (Wildman–Crippen LogP) is 5.72. The summed E-state index contributed by atoms with van der Waals surface area (Å²) in [5.74, 6) is 0.564. The molecule has 1 N–H and O–H groups in total. The molecule has 0 fully saturated rings. The molecule has 1 amide bonds. The monoisotopic (exact) mass is 510 g/mol. The minimum absolute atomic E-state index is 0.0357. The molecule has 0 saturated heterocycles. The number of carbonyl (C=O) groups excluding carboxylic acids is 1. The number of benzene rings is 3. The van der Waals surface area contributed by atoms with Gasteiger partial charge < -0.3 is 9.64 Å². The van der Waals surface area contributed by atoms with E-state index in [4.69, 9.17) is 16.3 Å². The number of anilines is 1. The molecule has 5 rings (SSSR count). The van der Waals surface area contributed by atoms with Crippen molar-refractivity contribution in [3.05, 3.63) is 88.4 Å². The zero-order valence-electron chi connectivity index (χ0n) is 19.4. The van der Waals surface area contributed by atoms with E-state index in [1.54, 1.807) is 30.3 Å². The Bertz CT molecular complexity index is 1380. The lowest BCUT2D eigenvalue weighted by Gasteiger charge is -2.36. The fourth-order valence-corrected chi connectivity index (χ4v) is 6.30. The number of hydrogen-bond acceptors (Lipinski definition) is 4. The van der Waals surface area contributed by atoms with Crippen molar-refractivity contribution in [1.29, 1.82) is 0 Å². The van der Waals surface area contributed by atoms with Gasteiger partial charge in [0, 0.05) is 16.3 Å². The normalized spacial score (nSPS) is 19.8. The van der Waals surface area contributed by atoms with E-state index in [9.17, 15) is 13.2 Å². The third-order valence-corrected chi connectivity index (χ3v) is 8.29. The highest BCUT2D eigenvalue weighted by molar-refractivity contribution is 7.92. The molecule has 0 saturated carbocycles. The zero-order chi connectivity index (χ0) is 24.6. The van der Waals surface area contributed by atoms with E-state index in [1.807, 2.05) is 24.0 Å². The smallest absolute Gasteiger partial charge is 0.264 e. The van der Waals surface area contributed by atoms with Crippen LogP contribution in [0, 0.1) is 0 Å². The van der Waals surface area contributed by atoms with E-state index in [0.29, 0.717) is 29.4 Å². The maximum Gasteiger partial charge on any atom is 0.264 e. The Morgan fingerprint density at radius 2 is 1.89 bits per heavy atom. The number of hydrogen-bond donors (Lipinski definition) is 1. The number of amides is 1. The topological polar surface area (TPSA) is 75.7 Å². The molecule has 0 unspecified atom stereocenters. The van der Waals surface area contributed by atoms with Crippen LogP contribution in [-0.2, 0) is 27.8 Å². The molecule has 1 heterocycles. The number of rotatable bonds is 5. The number of ether oxygens (including phenoxy) is 1. The minimum atomic E-state index is -3.83.